The van der Waals surface area contributed by atoms with Crippen LogP contribution in [-0.4, -0.2) is 61.2 Å². The summed E-state index contributed by atoms with van der Waals surface area (Å²) >= 11 is 0. The topological polar surface area (TPSA) is 98.0 Å². The van der Waals surface area contributed by atoms with Crippen molar-refractivity contribution in [2.24, 2.45) is 0 Å². The van der Waals surface area contributed by atoms with E-state index in [4.69, 9.17) is 13.9 Å². The lowest BCUT2D eigenvalue weighted by Crippen LogP contribution is -2.49. The number of rotatable bonds is 5. The molecule has 0 aliphatic carbocycles. The van der Waals surface area contributed by atoms with Gasteiger partial charge in [-0.15, -0.1) is 0 Å². The van der Waals surface area contributed by atoms with E-state index in [1.54, 1.807) is 29.4 Å². The summed E-state index contributed by atoms with van der Waals surface area (Å²) < 4.78 is 16.2. The lowest BCUT2D eigenvalue weighted by molar-refractivity contribution is -0.130. The van der Waals surface area contributed by atoms with Gasteiger partial charge in [-0.2, -0.15) is 0 Å². The highest BCUT2D eigenvalue weighted by molar-refractivity contribution is 5.90. The maximum atomic E-state index is 12.9. The Balaban J connectivity index is 1.53. The number of carbonyl (C=O) groups excluding carboxylic acids is 1. The smallest absolute Gasteiger partial charge is 0.340 e. The van der Waals surface area contributed by atoms with E-state index >= 15 is 0 Å². The molecule has 1 aromatic carbocycles. The minimum absolute atomic E-state index is 0.0136. The molecule has 0 spiro atoms. The van der Waals surface area contributed by atoms with Crippen molar-refractivity contribution in [2.75, 3.05) is 45.3 Å². The Morgan fingerprint density at radius 3 is 2.45 bits per heavy atom. The minimum Gasteiger partial charge on any atom is -0.493 e. The van der Waals surface area contributed by atoms with Crippen molar-refractivity contribution in [3.63, 3.8) is 0 Å². The van der Waals surface area contributed by atoms with Crippen LogP contribution in [0.1, 0.15) is 11.1 Å². The third-order valence-electron chi connectivity index (χ3n) is 5.59. The number of hydrogen-bond acceptors (Lipinski definition) is 8. The molecule has 0 atom stereocenters. The molecule has 162 valence electrons. The predicted molar refractivity (Wildman–Crippen MR) is 115 cm³/mol. The van der Waals surface area contributed by atoms with Crippen molar-refractivity contribution in [2.45, 2.75) is 13.3 Å². The number of fused-ring (bicyclic) bond motifs is 1. The number of methoxy groups -OCH3 is 2. The Kier molecular flexibility index (Phi) is 5.75. The number of nitrogens with zero attached hydrogens (tertiary/aromatic N) is 4. The monoisotopic (exact) mass is 424 g/mol. The number of amides is 1. The second-order valence-electron chi connectivity index (χ2n) is 7.26. The van der Waals surface area contributed by atoms with Crippen molar-refractivity contribution < 1.29 is 18.7 Å². The summed E-state index contributed by atoms with van der Waals surface area (Å²) in [5, 5.41) is 0.714. The van der Waals surface area contributed by atoms with Gasteiger partial charge < -0.3 is 23.7 Å². The predicted octanol–water partition coefficient (Wildman–Crippen LogP) is 1.80. The largest absolute Gasteiger partial charge is 0.493 e. The Morgan fingerprint density at radius 1 is 1.10 bits per heavy atom. The van der Waals surface area contributed by atoms with Crippen molar-refractivity contribution in [1.29, 1.82) is 0 Å². The summed E-state index contributed by atoms with van der Waals surface area (Å²) in [5.41, 5.74) is 0.841. The number of ether oxygens (including phenoxy) is 2. The van der Waals surface area contributed by atoms with E-state index in [0.717, 1.165) is 0 Å². The zero-order valence-electron chi connectivity index (χ0n) is 17.8. The van der Waals surface area contributed by atoms with Gasteiger partial charge in [-0.25, -0.2) is 14.8 Å². The van der Waals surface area contributed by atoms with Gasteiger partial charge in [0.1, 0.15) is 0 Å². The molecule has 31 heavy (non-hydrogen) atoms. The molecule has 1 fully saturated rings. The number of carbonyl (C=O) groups is 1. The Bertz CT molecular complexity index is 1150. The number of aryl methyl sites for hydroxylation is 1. The average Bonchev–Trinajstić information content (AvgIpc) is 2.81. The molecule has 0 unspecified atom stereocenters. The molecule has 0 saturated carbocycles. The fraction of sp³-hybridized carbons (Fsp3) is 0.364. The summed E-state index contributed by atoms with van der Waals surface area (Å²) in [6, 6.07) is 5.33. The first-order chi connectivity index (χ1) is 15.0. The lowest BCUT2D eigenvalue weighted by atomic mass is 10.0. The summed E-state index contributed by atoms with van der Waals surface area (Å²) in [6.07, 6.45) is 3.39. The SMILES string of the molecule is COc1ccc2c(C)c(CC(=O)N3CCN(c4ncccn4)CC3)c(=O)oc2c1OC. The van der Waals surface area contributed by atoms with Crippen LogP contribution in [0, 0.1) is 6.92 Å². The number of piperazine rings is 1. The molecule has 1 aliphatic heterocycles. The van der Waals surface area contributed by atoms with Gasteiger partial charge in [-0.1, -0.05) is 0 Å². The van der Waals surface area contributed by atoms with Gasteiger partial charge in [0.05, 0.1) is 26.2 Å². The molecule has 0 N–H and O–H groups in total. The molecular weight excluding hydrogens is 400 g/mol. The van der Waals surface area contributed by atoms with E-state index < -0.39 is 5.63 Å². The van der Waals surface area contributed by atoms with Crippen LogP contribution in [0.25, 0.3) is 11.0 Å². The van der Waals surface area contributed by atoms with E-state index in [9.17, 15) is 9.59 Å². The van der Waals surface area contributed by atoms with Gasteiger partial charge in [-0.3, -0.25) is 4.79 Å². The molecule has 1 saturated heterocycles. The zero-order chi connectivity index (χ0) is 22.0. The lowest BCUT2D eigenvalue weighted by Gasteiger charge is -2.34. The van der Waals surface area contributed by atoms with Gasteiger partial charge in [0.25, 0.3) is 0 Å². The maximum Gasteiger partial charge on any atom is 0.340 e. The van der Waals surface area contributed by atoms with Crippen molar-refractivity contribution in [3.8, 4) is 11.5 Å². The first-order valence-corrected chi connectivity index (χ1v) is 10.0. The standard InChI is InChI=1S/C22H24N4O5/c1-14-15-5-6-17(29-2)20(30-3)19(15)31-21(28)16(14)13-18(27)25-9-11-26(12-10-25)22-23-7-4-8-24-22/h4-8H,9-13H2,1-3H3. The van der Waals surface area contributed by atoms with E-state index in [1.807, 2.05) is 17.9 Å². The van der Waals surface area contributed by atoms with Gasteiger partial charge in [0.2, 0.25) is 17.6 Å². The van der Waals surface area contributed by atoms with Crippen LogP contribution in [0.5, 0.6) is 11.5 Å². The van der Waals surface area contributed by atoms with Crippen LogP contribution in [0.3, 0.4) is 0 Å². The second kappa shape index (κ2) is 8.63. The van der Waals surface area contributed by atoms with Crippen LogP contribution < -0.4 is 20.0 Å². The molecule has 9 nitrogen and oxygen atoms in total. The summed E-state index contributed by atoms with van der Waals surface area (Å²) in [6.45, 7) is 4.18. The van der Waals surface area contributed by atoms with Crippen LogP contribution >= 0.6 is 0 Å². The number of benzene rings is 1. The molecule has 0 radical (unpaired) electrons. The molecule has 3 aromatic rings. The van der Waals surface area contributed by atoms with Gasteiger partial charge in [-0.05, 0) is 30.7 Å². The molecule has 3 heterocycles. The van der Waals surface area contributed by atoms with Gasteiger partial charge >= 0.3 is 5.63 Å². The second-order valence-corrected chi connectivity index (χ2v) is 7.26. The highest BCUT2D eigenvalue weighted by Gasteiger charge is 2.25. The molecule has 0 bridgehead atoms. The summed E-state index contributed by atoms with van der Waals surface area (Å²) in [4.78, 5) is 38.0. The van der Waals surface area contributed by atoms with Crippen LogP contribution in [0.2, 0.25) is 0 Å². The molecule has 1 amide bonds. The third kappa shape index (κ3) is 3.90. The highest BCUT2D eigenvalue weighted by Crippen LogP contribution is 2.36. The van der Waals surface area contributed by atoms with Crippen LogP contribution in [-0.2, 0) is 11.2 Å². The van der Waals surface area contributed by atoms with Crippen LogP contribution in [0.15, 0.2) is 39.8 Å². The molecule has 9 heteroatoms. The quantitative estimate of drug-likeness (QED) is 0.572. The highest BCUT2D eigenvalue weighted by atomic mass is 16.5. The number of hydrogen-bond donors (Lipinski definition) is 0. The first-order valence-electron chi connectivity index (χ1n) is 10.0. The third-order valence-corrected chi connectivity index (χ3v) is 5.59. The van der Waals surface area contributed by atoms with E-state index in [2.05, 4.69) is 9.97 Å². The Morgan fingerprint density at radius 2 is 1.81 bits per heavy atom. The van der Waals surface area contributed by atoms with Crippen molar-refractivity contribution in [1.82, 2.24) is 14.9 Å². The maximum absolute atomic E-state index is 12.9. The van der Waals surface area contributed by atoms with Crippen molar-refractivity contribution >= 4 is 22.8 Å². The fourth-order valence-corrected chi connectivity index (χ4v) is 3.84. The average molecular weight is 424 g/mol. The Labute approximate surface area is 179 Å². The normalized spacial score (nSPS) is 14.0. The fourth-order valence-electron chi connectivity index (χ4n) is 3.84. The Hall–Kier alpha value is -3.62. The zero-order valence-corrected chi connectivity index (χ0v) is 17.8. The van der Waals surface area contributed by atoms with Gasteiger partial charge in [0, 0.05) is 44.0 Å². The van der Waals surface area contributed by atoms with E-state index in [0.29, 0.717) is 65.7 Å². The minimum atomic E-state index is -0.541. The van der Waals surface area contributed by atoms with E-state index in [-0.39, 0.29) is 12.3 Å². The van der Waals surface area contributed by atoms with E-state index in [1.165, 1.54) is 14.2 Å². The van der Waals surface area contributed by atoms with Crippen LogP contribution in [0.4, 0.5) is 5.95 Å². The van der Waals surface area contributed by atoms with Crippen molar-refractivity contribution in [3.05, 3.63) is 52.1 Å². The summed E-state index contributed by atoms with van der Waals surface area (Å²) in [7, 11) is 3.01. The molecular formula is C22H24N4O5. The molecule has 1 aliphatic rings. The first kappa shape index (κ1) is 20.6. The van der Waals surface area contributed by atoms with Gasteiger partial charge in [0.15, 0.2) is 11.3 Å². The summed E-state index contributed by atoms with van der Waals surface area (Å²) in [5.74, 6) is 1.38. The molecule has 2 aromatic heterocycles. The number of aromatic nitrogens is 2. The molecule has 4 rings (SSSR count). The number of anilines is 1.